The monoisotopic (exact) mass is 404 g/mol. The van der Waals surface area contributed by atoms with E-state index in [0.29, 0.717) is 32.6 Å². The molecule has 1 heterocycles. The predicted molar refractivity (Wildman–Crippen MR) is 104 cm³/mol. The van der Waals surface area contributed by atoms with Crippen molar-refractivity contribution in [2.75, 3.05) is 38.2 Å². The summed E-state index contributed by atoms with van der Waals surface area (Å²) in [6.07, 6.45) is -3.90. The highest BCUT2D eigenvalue weighted by atomic mass is 19.4. The van der Waals surface area contributed by atoms with Gasteiger partial charge in [-0.15, -0.1) is 0 Å². The van der Waals surface area contributed by atoms with Crippen LogP contribution in [0.2, 0.25) is 0 Å². The summed E-state index contributed by atoms with van der Waals surface area (Å²) < 4.78 is 45.0. The van der Waals surface area contributed by atoms with Crippen molar-refractivity contribution in [1.82, 2.24) is 4.90 Å². The Morgan fingerprint density at radius 2 is 1.66 bits per heavy atom. The van der Waals surface area contributed by atoms with Crippen LogP contribution in [-0.2, 0) is 11.0 Å². The lowest BCUT2D eigenvalue weighted by atomic mass is 10.0. The zero-order valence-electron chi connectivity index (χ0n) is 16.2. The molecule has 7 heteroatoms. The average molecular weight is 404 g/mol. The van der Waals surface area contributed by atoms with E-state index in [0.717, 1.165) is 17.5 Å². The van der Waals surface area contributed by atoms with Gasteiger partial charge in [-0.05, 0) is 48.2 Å². The first-order chi connectivity index (χ1) is 13.9. The summed E-state index contributed by atoms with van der Waals surface area (Å²) in [6, 6.07) is 13.4. The Kier molecular flexibility index (Phi) is 5.15. The SMILES string of the molecule is COc1ccc(N2CCN(C(=O)C3CC3c3ccccc3C(F)(F)F)CC2)cc1. The van der Waals surface area contributed by atoms with Crippen LogP contribution in [0, 0.1) is 5.92 Å². The van der Waals surface area contributed by atoms with Gasteiger partial charge in [-0.2, -0.15) is 13.2 Å². The van der Waals surface area contributed by atoms with Gasteiger partial charge in [-0.25, -0.2) is 0 Å². The van der Waals surface area contributed by atoms with Gasteiger partial charge < -0.3 is 14.5 Å². The number of carbonyl (C=O) groups excluding carboxylic acids is 1. The van der Waals surface area contributed by atoms with E-state index in [4.69, 9.17) is 4.74 Å². The predicted octanol–water partition coefficient (Wildman–Crippen LogP) is 4.17. The molecule has 154 valence electrons. The number of rotatable bonds is 4. The number of alkyl halides is 3. The first kappa shape index (κ1) is 19.6. The number of piperazine rings is 1. The van der Waals surface area contributed by atoms with Gasteiger partial charge in [0.05, 0.1) is 12.7 Å². The normalized spacial score (nSPS) is 21.8. The largest absolute Gasteiger partial charge is 0.497 e. The summed E-state index contributed by atoms with van der Waals surface area (Å²) >= 11 is 0. The number of hydrogen-bond acceptors (Lipinski definition) is 3. The summed E-state index contributed by atoms with van der Waals surface area (Å²) in [5.41, 5.74) is 0.696. The average Bonchev–Trinajstić information content (AvgIpc) is 3.54. The van der Waals surface area contributed by atoms with Crippen LogP contribution in [0.15, 0.2) is 48.5 Å². The molecule has 4 rings (SSSR count). The first-order valence-corrected chi connectivity index (χ1v) is 9.72. The molecule has 2 aliphatic rings. The minimum Gasteiger partial charge on any atom is -0.497 e. The molecule has 2 aromatic rings. The van der Waals surface area contributed by atoms with Crippen LogP contribution in [0.25, 0.3) is 0 Å². The Hall–Kier alpha value is -2.70. The number of methoxy groups -OCH3 is 1. The highest BCUT2D eigenvalue weighted by Crippen LogP contribution is 2.51. The van der Waals surface area contributed by atoms with Crippen molar-refractivity contribution in [2.45, 2.75) is 18.5 Å². The summed E-state index contributed by atoms with van der Waals surface area (Å²) in [5, 5.41) is 0. The fourth-order valence-corrected chi connectivity index (χ4v) is 4.10. The van der Waals surface area contributed by atoms with E-state index in [1.165, 1.54) is 12.1 Å². The summed E-state index contributed by atoms with van der Waals surface area (Å²) in [6.45, 7) is 2.56. The molecule has 1 aliphatic carbocycles. The van der Waals surface area contributed by atoms with E-state index in [1.807, 2.05) is 24.3 Å². The number of carbonyl (C=O) groups is 1. The fraction of sp³-hybridized carbons (Fsp3) is 0.409. The maximum atomic E-state index is 13.3. The summed E-state index contributed by atoms with van der Waals surface area (Å²) in [4.78, 5) is 16.8. The number of benzene rings is 2. The Balaban J connectivity index is 1.37. The molecule has 29 heavy (non-hydrogen) atoms. The van der Waals surface area contributed by atoms with Crippen molar-refractivity contribution in [2.24, 2.45) is 5.92 Å². The maximum Gasteiger partial charge on any atom is 0.416 e. The molecule has 4 nitrogen and oxygen atoms in total. The number of ether oxygens (including phenoxy) is 1. The van der Waals surface area contributed by atoms with Crippen molar-refractivity contribution in [1.29, 1.82) is 0 Å². The molecule has 2 unspecified atom stereocenters. The molecule has 1 aliphatic heterocycles. The summed E-state index contributed by atoms with van der Waals surface area (Å²) in [7, 11) is 1.62. The van der Waals surface area contributed by atoms with E-state index < -0.39 is 11.7 Å². The van der Waals surface area contributed by atoms with Gasteiger partial charge in [-0.3, -0.25) is 4.79 Å². The van der Waals surface area contributed by atoms with Gasteiger partial charge in [0.2, 0.25) is 5.91 Å². The van der Waals surface area contributed by atoms with Gasteiger partial charge in [0.25, 0.3) is 0 Å². The van der Waals surface area contributed by atoms with E-state index >= 15 is 0 Å². The molecule has 0 spiro atoms. The van der Waals surface area contributed by atoms with Crippen molar-refractivity contribution in [3.63, 3.8) is 0 Å². The zero-order valence-corrected chi connectivity index (χ0v) is 16.2. The second-order valence-corrected chi connectivity index (χ2v) is 7.54. The number of amides is 1. The molecule has 1 saturated heterocycles. The van der Waals surface area contributed by atoms with Gasteiger partial charge in [0.15, 0.2) is 0 Å². The zero-order chi connectivity index (χ0) is 20.6. The fourth-order valence-electron chi connectivity index (χ4n) is 4.10. The molecular weight excluding hydrogens is 381 g/mol. The highest BCUT2D eigenvalue weighted by molar-refractivity contribution is 5.83. The van der Waals surface area contributed by atoms with Gasteiger partial charge in [-0.1, -0.05) is 18.2 Å². The van der Waals surface area contributed by atoms with Crippen LogP contribution in [-0.4, -0.2) is 44.1 Å². The number of hydrogen-bond donors (Lipinski definition) is 0. The second kappa shape index (κ2) is 7.61. The van der Waals surface area contributed by atoms with Crippen LogP contribution in [0.4, 0.5) is 18.9 Å². The van der Waals surface area contributed by atoms with Crippen molar-refractivity contribution in [3.05, 3.63) is 59.7 Å². The second-order valence-electron chi connectivity index (χ2n) is 7.54. The molecule has 2 atom stereocenters. The Morgan fingerprint density at radius 1 is 1.00 bits per heavy atom. The molecule has 1 amide bonds. The Bertz CT molecular complexity index is 874. The number of anilines is 1. The first-order valence-electron chi connectivity index (χ1n) is 9.72. The van der Waals surface area contributed by atoms with Gasteiger partial charge >= 0.3 is 6.18 Å². The Labute approximate surface area is 167 Å². The standard InChI is InChI=1S/C22H23F3N2O2/c1-29-16-8-6-15(7-9-16)26-10-12-27(13-11-26)21(28)19-14-18(19)17-4-2-3-5-20(17)22(23,24)25/h2-9,18-19H,10-14H2,1H3. The third kappa shape index (κ3) is 4.04. The lowest BCUT2D eigenvalue weighted by Crippen LogP contribution is -2.49. The molecular formula is C22H23F3N2O2. The van der Waals surface area contributed by atoms with Crippen molar-refractivity contribution in [3.8, 4) is 5.75 Å². The van der Waals surface area contributed by atoms with E-state index in [1.54, 1.807) is 18.1 Å². The topological polar surface area (TPSA) is 32.8 Å². The van der Waals surface area contributed by atoms with Gasteiger partial charge in [0, 0.05) is 37.8 Å². The van der Waals surface area contributed by atoms with E-state index in [-0.39, 0.29) is 23.3 Å². The van der Waals surface area contributed by atoms with Crippen LogP contribution in [0.5, 0.6) is 5.75 Å². The third-order valence-corrected chi connectivity index (χ3v) is 5.80. The van der Waals surface area contributed by atoms with E-state index in [9.17, 15) is 18.0 Å². The third-order valence-electron chi connectivity index (χ3n) is 5.80. The molecule has 0 N–H and O–H groups in total. The van der Waals surface area contributed by atoms with Crippen molar-refractivity contribution < 1.29 is 22.7 Å². The minimum atomic E-state index is -4.39. The van der Waals surface area contributed by atoms with Crippen LogP contribution >= 0.6 is 0 Å². The van der Waals surface area contributed by atoms with Crippen LogP contribution < -0.4 is 9.64 Å². The maximum absolute atomic E-state index is 13.3. The molecule has 0 radical (unpaired) electrons. The number of nitrogens with zero attached hydrogens (tertiary/aromatic N) is 2. The molecule has 0 bridgehead atoms. The lowest BCUT2D eigenvalue weighted by Gasteiger charge is -2.36. The lowest BCUT2D eigenvalue weighted by molar-refractivity contribution is -0.138. The molecule has 1 saturated carbocycles. The highest BCUT2D eigenvalue weighted by Gasteiger charge is 2.49. The molecule has 2 fully saturated rings. The number of halogens is 3. The van der Waals surface area contributed by atoms with Crippen molar-refractivity contribution >= 4 is 11.6 Å². The smallest absolute Gasteiger partial charge is 0.416 e. The molecule has 0 aromatic heterocycles. The quantitative estimate of drug-likeness (QED) is 0.767. The minimum absolute atomic E-state index is 0.0265. The van der Waals surface area contributed by atoms with E-state index in [2.05, 4.69) is 4.90 Å². The van der Waals surface area contributed by atoms with Crippen LogP contribution in [0.3, 0.4) is 0 Å². The van der Waals surface area contributed by atoms with Crippen LogP contribution in [0.1, 0.15) is 23.5 Å². The molecule has 2 aromatic carbocycles. The summed E-state index contributed by atoms with van der Waals surface area (Å²) in [5.74, 6) is 0.0915. The van der Waals surface area contributed by atoms with Gasteiger partial charge in [0.1, 0.15) is 5.75 Å². The Morgan fingerprint density at radius 3 is 2.28 bits per heavy atom.